The molecule has 2 aromatic carbocycles. The lowest BCUT2D eigenvalue weighted by Gasteiger charge is -2.24. The predicted octanol–water partition coefficient (Wildman–Crippen LogP) is 4.49. The van der Waals surface area contributed by atoms with Crippen LogP contribution in [0.1, 0.15) is 38.0 Å². The van der Waals surface area contributed by atoms with Gasteiger partial charge in [-0.25, -0.2) is 4.79 Å². The van der Waals surface area contributed by atoms with Crippen molar-refractivity contribution in [3.63, 3.8) is 0 Å². The number of carbonyl (C=O) groups excluding carboxylic acids is 2. The summed E-state index contributed by atoms with van der Waals surface area (Å²) in [6.07, 6.45) is -1.75. The molecular weight excluding hydrogens is 348 g/mol. The van der Waals surface area contributed by atoms with Crippen molar-refractivity contribution < 1.29 is 14.3 Å². The van der Waals surface area contributed by atoms with Crippen molar-refractivity contribution in [2.75, 3.05) is 5.32 Å². The van der Waals surface area contributed by atoms with Gasteiger partial charge in [0.05, 0.1) is 0 Å². The highest BCUT2D eigenvalue weighted by Crippen LogP contribution is 2.24. The molecule has 1 atom stereocenters. The second kappa shape index (κ2) is 8.27. The Labute approximate surface area is 159 Å². The molecular formula is C20H24N2O3S. The molecule has 0 heterocycles. The minimum atomic E-state index is -1.09. The van der Waals surface area contributed by atoms with Crippen LogP contribution in [0.3, 0.4) is 0 Å². The summed E-state index contributed by atoms with van der Waals surface area (Å²) in [6.45, 7) is 7.41. The molecule has 26 heavy (non-hydrogen) atoms. The Kier molecular flexibility index (Phi) is 6.32. The maximum atomic E-state index is 12.8. The first-order valence-corrected chi connectivity index (χ1v) is 8.74. The third-order valence-corrected chi connectivity index (χ3v) is 3.79. The molecule has 0 saturated heterocycles. The van der Waals surface area contributed by atoms with Crippen molar-refractivity contribution in [3.05, 3.63) is 59.7 Å². The number of thiol groups is 1. The van der Waals surface area contributed by atoms with Crippen molar-refractivity contribution in [2.45, 2.75) is 44.2 Å². The van der Waals surface area contributed by atoms with Gasteiger partial charge in [0.2, 0.25) is 6.10 Å². The Morgan fingerprint density at radius 2 is 1.77 bits per heavy atom. The van der Waals surface area contributed by atoms with Crippen molar-refractivity contribution in [1.82, 2.24) is 5.32 Å². The highest BCUT2D eigenvalue weighted by Gasteiger charge is 2.27. The fourth-order valence-corrected chi connectivity index (χ4v) is 2.55. The monoisotopic (exact) mass is 372 g/mol. The standard InChI is InChI=1S/C20H24N2O3S/c1-13-8-5-6-11-16(13)21-18(23)17(14-9-7-10-15(26)12-14)25-19(24)22-20(2,3)4/h5-12,17,26H,1-4H3,(H,21,23)(H,22,24). The lowest BCUT2D eigenvalue weighted by molar-refractivity contribution is -0.124. The number of para-hydroxylation sites is 1. The number of amides is 2. The maximum absolute atomic E-state index is 12.8. The van der Waals surface area contributed by atoms with Crippen LogP contribution >= 0.6 is 12.6 Å². The molecule has 0 radical (unpaired) electrons. The third-order valence-electron chi connectivity index (χ3n) is 3.52. The quantitative estimate of drug-likeness (QED) is 0.693. The molecule has 0 fully saturated rings. The van der Waals surface area contributed by atoms with Gasteiger partial charge in [-0.15, -0.1) is 12.6 Å². The summed E-state index contributed by atoms with van der Waals surface area (Å²) in [5, 5.41) is 5.53. The van der Waals surface area contributed by atoms with E-state index in [1.54, 1.807) is 30.3 Å². The number of carbonyl (C=O) groups is 2. The number of anilines is 1. The van der Waals surface area contributed by atoms with Gasteiger partial charge in [-0.05, 0) is 51.5 Å². The van der Waals surface area contributed by atoms with Gasteiger partial charge in [-0.1, -0.05) is 30.3 Å². The summed E-state index contributed by atoms with van der Waals surface area (Å²) in [7, 11) is 0. The molecule has 0 aliphatic rings. The van der Waals surface area contributed by atoms with E-state index in [1.807, 2.05) is 45.9 Å². The van der Waals surface area contributed by atoms with Gasteiger partial charge >= 0.3 is 6.09 Å². The molecule has 138 valence electrons. The van der Waals surface area contributed by atoms with E-state index in [2.05, 4.69) is 23.3 Å². The number of aryl methyl sites for hydroxylation is 1. The van der Waals surface area contributed by atoms with E-state index in [-0.39, 0.29) is 0 Å². The van der Waals surface area contributed by atoms with Crippen LogP contribution in [0.4, 0.5) is 10.5 Å². The van der Waals surface area contributed by atoms with Crippen LogP contribution in [0.25, 0.3) is 0 Å². The van der Waals surface area contributed by atoms with E-state index in [1.165, 1.54) is 0 Å². The molecule has 2 rings (SSSR count). The minimum absolute atomic E-state index is 0.428. The highest BCUT2D eigenvalue weighted by molar-refractivity contribution is 7.80. The Hall–Kier alpha value is -2.47. The van der Waals surface area contributed by atoms with Crippen LogP contribution < -0.4 is 10.6 Å². The zero-order valence-electron chi connectivity index (χ0n) is 15.4. The summed E-state index contributed by atoms with van der Waals surface area (Å²) in [6, 6.07) is 14.4. The molecule has 0 aliphatic heterocycles. The normalized spacial score (nSPS) is 12.2. The number of hydrogen-bond acceptors (Lipinski definition) is 4. The van der Waals surface area contributed by atoms with E-state index < -0.39 is 23.6 Å². The average Bonchev–Trinajstić information content (AvgIpc) is 2.53. The summed E-state index contributed by atoms with van der Waals surface area (Å²) in [5.74, 6) is -0.428. The summed E-state index contributed by atoms with van der Waals surface area (Å²) < 4.78 is 5.45. The molecule has 6 heteroatoms. The van der Waals surface area contributed by atoms with Gasteiger partial charge in [-0.2, -0.15) is 0 Å². The molecule has 0 saturated carbocycles. The minimum Gasteiger partial charge on any atom is -0.431 e. The maximum Gasteiger partial charge on any atom is 0.408 e. The first-order valence-electron chi connectivity index (χ1n) is 8.30. The zero-order chi connectivity index (χ0) is 19.3. The number of alkyl carbamates (subject to hydrolysis) is 1. The van der Waals surface area contributed by atoms with Crippen LogP contribution in [0.15, 0.2) is 53.4 Å². The van der Waals surface area contributed by atoms with Gasteiger partial charge in [-0.3, -0.25) is 4.79 Å². The van der Waals surface area contributed by atoms with Gasteiger partial charge in [0, 0.05) is 21.7 Å². The molecule has 2 amide bonds. The molecule has 0 aromatic heterocycles. The molecule has 0 spiro atoms. The number of ether oxygens (including phenoxy) is 1. The smallest absolute Gasteiger partial charge is 0.408 e. The molecule has 1 unspecified atom stereocenters. The number of hydrogen-bond donors (Lipinski definition) is 3. The van der Waals surface area contributed by atoms with Crippen molar-refractivity contribution in [1.29, 1.82) is 0 Å². The summed E-state index contributed by atoms with van der Waals surface area (Å²) in [4.78, 5) is 25.7. The predicted molar refractivity (Wildman–Crippen MR) is 106 cm³/mol. The van der Waals surface area contributed by atoms with Gasteiger partial charge in [0.15, 0.2) is 0 Å². The SMILES string of the molecule is Cc1ccccc1NC(=O)C(OC(=O)NC(C)(C)C)c1cccc(S)c1. The summed E-state index contributed by atoms with van der Waals surface area (Å²) >= 11 is 4.30. The second-order valence-corrected chi connectivity index (χ2v) is 7.58. The van der Waals surface area contributed by atoms with Crippen LogP contribution in [0, 0.1) is 6.92 Å². The van der Waals surface area contributed by atoms with E-state index >= 15 is 0 Å². The Morgan fingerprint density at radius 3 is 2.38 bits per heavy atom. The van der Waals surface area contributed by atoms with Crippen LogP contribution in [-0.2, 0) is 9.53 Å². The molecule has 0 aliphatic carbocycles. The van der Waals surface area contributed by atoms with Gasteiger partial charge < -0.3 is 15.4 Å². The van der Waals surface area contributed by atoms with Crippen LogP contribution in [-0.4, -0.2) is 17.5 Å². The van der Waals surface area contributed by atoms with Crippen molar-refractivity contribution >= 4 is 30.3 Å². The molecule has 5 nitrogen and oxygen atoms in total. The van der Waals surface area contributed by atoms with Crippen molar-refractivity contribution in [2.24, 2.45) is 0 Å². The van der Waals surface area contributed by atoms with Gasteiger partial charge in [0.1, 0.15) is 0 Å². The number of nitrogens with one attached hydrogen (secondary N) is 2. The van der Waals surface area contributed by atoms with Gasteiger partial charge in [0.25, 0.3) is 5.91 Å². The first kappa shape index (κ1) is 19.8. The van der Waals surface area contributed by atoms with Crippen LogP contribution in [0.5, 0.6) is 0 Å². The number of benzene rings is 2. The van der Waals surface area contributed by atoms with E-state index in [0.717, 1.165) is 5.56 Å². The second-order valence-electron chi connectivity index (χ2n) is 7.06. The lowest BCUT2D eigenvalue weighted by Crippen LogP contribution is -2.42. The Bertz CT molecular complexity index is 800. The largest absolute Gasteiger partial charge is 0.431 e. The topological polar surface area (TPSA) is 67.4 Å². The van der Waals surface area contributed by atoms with E-state index in [4.69, 9.17) is 4.74 Å². The first-order chi connectivity index (χ1) is 12.2. The Morgan fingerprint density at radius 1 is 1.08 bits per heavy atom. The molecule has 2 aromatic rings. The fourth-order valence-electron chi connectivity index (χ4n) is 2.31. The van der Waals surface area contributed by atoms with E-state index in [9.17, 15) is 9.59 Å². The average molecular weight is 372 g/mol. The Balaban J connectivity index is 2.26. The zero-order valence-corrected chi connectivity index (χ0v) is 16.3. The van der Waals surface area contributed by atoms with Crippen molar-refractivity contribution in [3.8, 4) is 0 Å². The molecule has 0 bridgehead atoms. The third kappa shape index (κ3) is 5.81. The molecule has 2 N–H and O–H groups in total. The lowest BCUT2D eigenvalue weighted by atomic mass is 10.1. The van der Waals surface area contributed by atoms with Crippen LogP contribution in [0.2, 0.25) is 0 Å². The number of rotatable bonds is 4. The summed E-state index contributed by atoms with van der Waals surface area (Å²) in [5.41, 5.74) is 1.66. The fraction of sp³-hybridized carbons (Fsp3) is 0.300. The van der Waals surface area contributed by atoms with E-state index in [0.29, 0.717) is 16.1 Å². The highest BCUT2D eigenvalue weighted by atomic mass is 32.1.